The standard InChI is InChI=1S/C51H37N3O/c1-4-12-36(13-5-1)51-52-50-48(55-51)31-25-35-20-21-38-32-42(28-29-43(38)49(35)50)54-46-19-11-10-18-44(46)45-33-37(24-30-47(45)54)34-22-26-41(27-23-34)53(39-14-6-2-7-15-39)40-16-8-3-9-17-40/h1-16,18-33,40,51-52H,17H2. The fourth-order valence-corrected chi connectivity index (χ4v) is 8.70. The Labute approximate surface area is 319 Å². The summed E-state index contributed by atoms with van der Waals surface area (Å²) in [5.74, 6) is 0.887. The Balaban J connectivity index is 0.976. The van der Waals surface area contributed by atoms with Gasteiger partial charge in [0.25, 0.3) is 0 Å². The Morgan fingerprint density at radius 1 is 0.564 bits per heavy atom. The van der Waals surface area contributed by atoms with Crippen molar-refractivity contribution in [3.8, 4) is 22.6 Å². The Kier molecular flexibility index (Phi) is 7.34. The van der Waals surface area contributed by atoms with Crippen molar-refractivity contribution in [2.24, 2.45) is 0 Å². The summed E-state index contributed by atoms with van der Waals surface area (Å²) in [6.07, 6.45) is 9.60. The largest absolute Gasteiger partial charge is 0.464 e. The molecule has 2 atom stereocenters. The van der Waals surface area contributed by atoms with Crippen LogP contribution in [-0.2, 0) is 0 Å². The number of nitrogens with zero attached hydrogens (tertiary/aromatic N) is 2. The highest BCUT2D eigenvalue weighted by molar-refractivity contribution is 6.16. The van der Waals surface area contributed by atoms with Crippen molar-refractivity contribution in [1.29, 1.82) is 0 Å². The van der Waals surface area contributed by atoms with Gasteiger partial charge in [-0.25, -0.2) is 0 Å². The summed E-state index contributed by atoms with van der Waals surface area (Å²) in [4.78, 5) is 2.44. The molecule has 2 heterocycles. The average molecular weight is 708 g/mol. The molecule has 4 heteroatoms. The maximum absolute atomic E-state index is 6.41. The molecule has 262 valence electrons. The number of ether oxygens (including phenoxy) is 1. The van der Waals surface area contributed by atoms with Crippen LogP contribution in [0.4, 0.5) is 17.1 Å². The Morgan fingerprint density at radius 3 is 2.13 bits per heavy atom. The van der Waals surface area contributed by atoms with E-state index in [1.807, 2.05) is 6.07 Å². The molecular formula is C51H37N3O. The van der Waals surface area contributed by atoms with Crippen molar-refractivity contribution in [3.05, 3.63) is 200 Å². The van der Waals surface area contributed by atoms with E-state index in [0.29, 0.717) is 0 Å². The number of hydrogen-bond donors (Lipinski definition) is 1. The monoisotopic (exact) mass is 707 g/mol. The van der Waals surface area contributed by atoms with Crippen molar-refractivity contribution in [2.45, 2.75) is 18.7 Å². The third-order valence-electron chi connectivity index (χ3n) is 11.3. The predicted octanol–water partition coefficient (Wildman–Crippen LogP) is 13.3. The normalized spacial score (nSPS) is 16.1. The maximum Gasteiger partial charge on any atom is 0.196 e. The average Bonchev–Trinajstić information content (AvgIpc) is 3.84. The molecule has 1 aliphatic carbocycles. The third-order valence-corrected chi connectivity index (χ3v) is 11.3. The van der Waals surface area contributed by atoms with E-state index in [1.54, 1.807) is 0 Å². The molecule has 1 aliphatic heterocycles. The highest BCUT2D eigenvalue weighted by Crippen LogP contribution is 2.46. The van der Waals surface area contributed by atoms with Crippen molar-refractivity contribution in [2.75, 3.05) is 10.2 Å². The van der Waals surface area contributed by atoms with Crippen LogP contribution >= 0.6 is 0 Å². The minimum atomic E-state index is -0.211. The summed E-state index contributed by atoms with van der Waals surface area (Å²) in [6, 6.07) is 61.7. The van der Waals surface area contributed by atoms with Gasteiger partial charge in [0.2, 0.25) is 0 Å². The van der Waals surface area contributed by atoms with Crippen molar-refractivity contribution >= 4 is 60.4 Å². The molecule has 11 rings (SSSR count). The molecule has 0 fully saturated rings. The second-order valence-electron chi connectivity index (χ2n) is 14.5. The van der Waals surface area contributed by atoms with Crippen LogP contribution in [0.3, 0.4) is 0 Å². The molecule has 0 bridgehead atoms. The lowest BCUT2D eigenvalue weighted by atomic mass is 9.99. The van der Waals surface area contributed by atoms with Crippen LogP contribution in [-0.4, -0.2) is 10.6 Å². The van der Waals surface area contributed by atoms with Gasteiger partial charge < -0.3 is 19.5 Å². The van der Waals surface area contributed by atoms with Crippen LogP contribution in [0.15, 0.2) is 194 Å². The SMILES string of the molecule is C1=CCC(N(c2ccccc2)c2ccc(-c3ccc4c(c3)c3ccccc3n4-c3ccc4c(ccc5ccc6c(c54)NC(c4ccccc4)O6)c3)cc2)C=C1. The Bertz CT molecular complexity index is 2960. The van der Waals surface area contributed by atoms with Gasteiger partial charge in [-0.05, 0) is 94.4 Å². The zero-order chi connectivity index (χ0) is 36.3. The molecule has 9 aromatic rings. The topological polar surface area (TPSA) is 29.4 Å². The first-order valence-electron chi connectivity index (χ1n) is 19.1. The van der Waals surface area contributed by atoms with Gasteiger partial charge in [-0.1, -0.05) is 133 Å². The number of hydrogen-bond acceptors (Lipinski definition) is 3. The summed E-state index contributed by atoms with van der Waals surface area (Å²) in [6.45, 7) is 0. The lowest BCUT2D eigenvalue weighted by Crippen LogP contribution is -2.29. The zero-order valence-electron chi connectivity index (χ0n) is 30.1. The molecule has 0 radical (unpaired) electrons. The van der Waals surface area contributed by atoms with Gasteiger partial charge >= 0.3 is 0 Å². The van der Waals surface area contributed by atoms with Crippen LogP contribution in [0.25, 0.3) is 60.2 Å². The first kappa shape index (κ1) is 31.5. The van der Waals surface area contributed by atoms with Gasteiger partial charge in [0, 0.05) is 38.8 Å². The van der Waals surface area contributed by atoms with E-state index in [1.165, 1.54) is 65.9 Å². The van der Waals surface area contributed by atoms with Gasteiger partial charge in [-0.15, -0.1) is 0 Å². The fourth-order valence-electron chi connectivity index (χ4n) is 8.70. The number of aromatic nitrogens is 1. The molecule has 2 aliphatic rings. The molecule has 8 aromatic carbocycles. The summed E-state index contributed by atoms with van der Waals surface area (Å²) >= 11 is 0. The molecule has 0 spiro atoms. The van der Waals surface area contributed by atoms with Gasteiger partial charge in [-0.2, -0.15) is 0 Å². The van der Waals surface area contributed by atoms with E-state index in [9.17, 15) is 0 Å². The molecule has 0 saturated carbocycles. The van der Waals surface area contributed by atoms with Crippen LogP contribution in [0.5, 0.6) is 5.75 Å². The van der Waals surface area contributed by atoms with Crippen molar-refractivity contribution in [1.82, 2.24) is 4.57 Å². The molecule has 0 amide bonds. The maximum atomic E-state index is 6.41. The van der Waals surface area contributed by atoms with E-state index in [4.69, 9.17) is 4.74 Å². The number of benzene rings is 8. The molecule has 1 aromatic heterocycles. The summed E-state index contributed by atoms with van der Waals surface area (Å²) in [5.41, 5.74) is 10.5. The number of para-hydroxylation sites is 2. The van der Waals surface area contributed by atoms with Crippen molar-refractivity contribution < 1.29 is 4.74 Å². The molecule has 55 heavy (non-hydrogen) atoms. The minimum absolute atomic E-state index is 0.211. The van der Waals surface area contributed by atoms with E-state index >= 15 is 0 Å². The van der Waals surface area contributed by atoms with Crippen molar-refractivity contribution in [3.63, 3.8) is 0 Å². The molecule has 1 N–H and O–H groups in total. The highest BCUT2D eigenvalue weighted by atomic mass is 16.5. The molecular weight excluding hydrogens is 671 g/mol. The van der Waals surface area contributed by atoms with E-state index < -0.39 is 0 Å². The Hall–Kier alpha value is -7.04. The first-order valence-corrected chi connectivity index (χ1v) is 19.1. The highest BCUT2D eigenvalue weighted by Gasteiger charge is 2.26. The number of fused-ring (bicyclic) bond motifs is 8. The van der Waals surface area contributed by atoms with E-state index in [0.717, 1.165) is 29.1 Å². The summed E-state index contributed by atoms with van der Waals surface area (Å²) < 4.78 is 8.82. The van der Waals surface area contributed by atoms with Gasteiger partial charge in [0.1, 0.15) is 5.75 Å². The summed E-state index contributed by atoms with van der Waals surface area (Å²) in [5, 5.41) is 11.0. The van der Waals surface area contributed by atoms with E-state index in [-0.39, 0.29) is 12.3 Å². The molecule has 4 nitrogen and oxygen atoms in total. The van der Waals surface area contributed by atoms with Crippen LogP contribution < -0.4 is 15.0 Å². The lowest BCUT2D eigenvalue weighted by molar-refractivity contribution is 0.260. The second kappa shape index (κ2) is 12.8. The zero-order valence-corrected chi connectivity index (χ0v) is 30.1. The van der Waals surface area contributed by atoms with Gasteiger partial charge in [0.05, 0.1) is 22.8 Å². The smallest absolute Gasteiger partial charge is 0.196 e. The van der Waals surface area contributed by atoms with Crippen LogP contribution in [0.1, 0.15) is 18.2 Å². The molecule has 0 saturated heterocycles. The van der Waals surface area contributed by atoms with Crippen LogP contribution in [0.2, 0.25) is 0 Å². The number of rotatable bonds is 6. The Morgan fingerprint density at radius 2 is 1.29 bits per heavy atom. The second-order valence-corrected chi connectivity index (χ2v) is 14.5. The number of nitrogens with one attached hydrogen (secondary N) is 1. The quantitative estimate of drug-likeness (QED) is 0.175. The van der Waals surface area contributed by atoms with Gasteiger partial charge in [0.15, 0.2) is 6.23 Å². The van der Waals surface area contributed by atoms with Gasteiger partial charge in [-0.3, -0.25) is 0 Å². The lowest BCUT2D eigenvalue weighted by Gasteiger charge is -2.32. The van der Waals surface area contributed by atoms with Crippen LogP contribution in [0, 0.1) is 0 Å². The third kappa shape index (κ3) is 5.29. The first-order chi connectivity index (χ1) is 27.3. The number of anilines is 3. The van der Waals surface area contributed by atoms with E-state index in [2.05, 4.69) is 203 Å². The fraction of sp³-hybridized carbons (Fsp3) is 0.0588. The molecule has 2 unspecified atom stereocenters. The predicted molar refractivity (Wildman–Crippen MR) is 230 cm³/mol. The summed E-state index contributed by atoms with van der Waals surface area (Å²) in [7, 11) is 0. The minimum Gasteiger partial charge on any atom is -0.464 e. The number of allylic oxidation sites excluding steroid dienone is 2.